The summed E-state index contributed by atoms with van der Waals surface area (Å²) >= 11 is 0. The van der Waals surface area contributed by atoms with Gasteiger partial charge in [-0.1, -0.05) is 75.6 Å². The summed E-state index contributed by atoms with van der Waals surface area (Å²) in [4.78, 5) is 0. The van der Waals surface area contributed by atoms with Gasteiger partial charge in [-0.2, -0.15) is 0 Å². The van der Waals surface area contributed by atoms with Gasteiger partial charge in [-0.25, -0.2) is 4.68 Å². The van der Waals surface area contributed by atoms with Gasteiger partial charge in [0.1, 0.15) is 5.52 Å². The number of benzene rings is 1. The quantitative estimate of drug-likeness (QED) is 0.538. The number of aromatic nitrogens is 3. The van der Waals surface area contributed by atoms with Crippen LogP contribution in [0.25, 0.3) is 11.0 Å². The van der Waals surface area contributed by atoms with E-state index in [4.69, 9.17) is 0 Å². The van der Waals surface area contributed by atoms with Crippen LogP contribution >= 0.6 is 0 Å². The molecule has 1 atom stereocenters. The van der Waals surface area contributed by atoms with Crippen molar-refractivity contribution >= 4 is 11.0 Å². The molecule has 0 fully saturated rings. The second kappa shape index (κ2) is 8.81. The summed E-state index contributed by atoms with van der Waals surface area (Å²) in [6.45, 7) is 4.53. The molecule has 0 aliphatic heterocycles. The first-order valence-corrected chi connectivity index (χ1v) is 8.63. The number of unbranched alkanes of at least 4 members (excludes halogenated alkanes) is 7. The second-order valence-electron chi connectivity index (χ2n) is 6.14. The lowest BCUT2D eigenvalue weighted by Crippen LogP contribution is -2.07. The maximum absolute atomic E-state index is 4.31. The van der Waals surface area contributed by atoms with Crippen LogP contribution in [0.5, 0.6) is 0 Å². The Morgan fingerprint density at radius 3 is 2.38 bits per heavy atom. The monoisotopic (exact) mass is 287 g/mol. The summed E-state index contributed by atoms with van der Waals surface area (Å²) in [7, 11) is 0. The molecule has 3 heteroatoms. The van der Waals surface area contributed by atoms with Crippen LogP contribution in [0.15, 0.2) is 24.3 Å². The Bertz CT molecular complexity index is 518. The highest BCUT2D eigenvalue weighted by molar-refractivity contribution is 5.73. The number of hydrogen-bond donors (Lipinski definition) is 0. The van der Waals surface area contributed by atoms with E-state index in [0.717, 1.165) is 11.0 Å². The Morgan fingerprint density at radius 1 is 0.952 bits per heavy atom. The minimum absolute atomic E-state index is 0.442. The van der Waals surface area contributed by atoms with Crippen molar-refractivity contribution in [3.05, 3.63) is 24.3 Å². The van der Waals surface area contributed by atoms with Gasteiger partial charge in [0.25, 0.3) is 0 Å². The fourth-order valence-electron chi connectivity index (χ4n) is 2.91. The molecule has 0 radical (unpaired) electrons. The molecule has 0 aliphatic rings. The lowest BCUT2D eigenvalue weighted by Gasteiger charge is -2.12. The van der Waals surface area contributed by atoms with E-state index in [0.29, 0.717) is 6.04 Å². The van der Waals surface area contributed by atoms with Crippen molar-refractivity contribution in [3.63, 3.8) is 0 Å². The maximum Gasteiger partial charge on any atom is 0.113 e. The summed E-state index contributed by atoms with van der Waals surface area (Å²) in [6.07, 6.45) is 12.2. The standard InChI is InChI=1S/C18H29N3/c1-3-4-5-6-7-8-9-10-13-16(2)21-18-15-12-11-14-17(18)19-20-21/h11-12,14-16H,3-10,13H2,1-2H3. The van der Waals surface area contributed by atoms with E-state index in [1.807, 2.05) is 12.1 Å². The number of fused-ring (bicyclic) bond motifs is 1. The van der Waals surface area contributed by atoms with Crippen molar-refractivity contribution in [3.8, 4) is 0 Å². The van der Waals surface area contributed by atoms with Crippen LogP contribution in [-0.4, -0.2) is 15.0 Å². The zero-order valence-corrected chi connectivity index (χ0v) is 13.6. The highest BCUT2D eigenvalue weighted by Gasteiger charge is 2.10. The lowest BCUT2D eigenvalue weighted by molar-refractivity contribution is 0.433. The molecule has 0 bridgehead atoms. The molecule has 1 heterocycles. The van der Waals surface area contributed by atoms with Gasteiger partial charge in [0.05, 0.1) is 11.6 Å². The van der Waals surface area contributed by atoms with Gasteiger partial charge >= 0.3 is 0 Å². The Balaban J connectivity index is 1.67. The van der Waals surface area contributed by atoms with E-state index in [2.05, 4.69) is 41.0 Å². The molecule has 1 aromatic carbocycles. The molecule has 3 nitrogen and oxygen atoms in total. The van der Waals surface area contributed by atoms with Crippen molar-refractivity contribution in [2.45, 2.75) is 77.7 Å². The third-order valence-corrected chi connectivity index (χ3v) is 4.27. The van der Waals surface area contributed by atoms with E-state index in [-0.39, 0.29) is 0 Å². The number of nitrogens with zero attached hydrogens (tertiary/aromatic N) is 3. The van der Waals surface area contributed by atoms with Crippen LogP contribution in [0.1, 0.15) is 77.7 Å². The number of hydrogen-bond acceptors (Lipinski definition) is 2. The number of rotatable bonds is 10. The van der Waals surface area contributed by atoms with Crippen molar-refractivity contribution < 1.29 is 0 Å². The van der Waals surface area contributed by atoms with Crippen LogP contribution in [0, 0.1) is 0 Å². The fourth-order valence-corrected chi connectivity index (χ4v) is 2.91. The molecule has 2 aromatic rings. The molecule has 0 saturated heterocycles. The Kier molecular flexibility index (Phi) is 6.71. The van der Waals surface area contributed by atoms with E-state index in [1.165, 1.54) is 57.8 Å². The topological polar surface area (TPSA) is 30.7 Å². The normalized spacial score (nSPS) is 12.9. The fraction of sp³-hybridized carbons (Fsp3) is 0.667. The van der Waals surface area contributed by atoms with Crippen molar-refractivity contribution in [1.29, 1.82) is 0 Å². The summed E-state index contributed by atoms with van der Waals surface area (Å²) in [5.74, 6) is 0. The lowest BCUT2D eigenvalue weighted by atomic mass is 10.1. The van der Waals surface area contributed by atoms with Crippen LogP contribution in [0.2, 0.25) is 0 Å². The molecule has 0 amide bonds. The van der Waals surface area contributed by atoms with Crippen LogP contribution in [0.3, 0.4) is 0 Å². The summed E-state index contributed by atoms with van der Waals surface area (Å²) < 4.78 is 2.08. The van der Waals surface area contributed by atoms with Crippen LogP contribution in [0.4, 0.5) is 0 Å². The first kappa shape index (κ1) is 16.0. The van der Waals surface area contributed by atoms with Gasteiger partial charge in [0, 0.05) is 0 Å². The van der Waals surface area contributed by atoms with E-state index in [1.54, 1.807) is 0 Å². The molecule has 1 unspecified atom stereocenters. The highest BCUT2D eigenvalue weighted by atomic mass is 15.4. The molecule has 0 spiro atoms. The maximum atomic E-state index is 4.31. The third-order valence-electron chi connectivity index (χ3n) is 4.27. The zero-order valence-electron chi connectivity index (χ0n) is 13.6. The van der Waals surface area contributed by atoms with Gasteiger partial charge in [-0.3, -0.25) is 0 Å². The average Bonchev–Trinajstić information content (AvgIpc) is 2.94. The minimum Gasteiger partial charge on any atom is -0.242 e. The van der Waals surface area contributed by atoms with Gasteiger partial charge in [0.2, 0.25) is 0 Å². The Hall–Kier alpha value is -1.38. The van der Waals surface area contributed by atoms with E-state index >= 15 is 0 Å². The molecule has 2 rings (SSSR count). The first-order valence-electron chi connectivity index (χ1n) is 8.63. The van der Waals surface area contributed by atoms with Crippen molar-refractivity contribution in [2.24, 2.45) is 0 Å². The molecular formula is C18H29N3. The highest BCUT2D eigenvalue weighted by Crippen LogP contribution is 2.20. The van der Waals surface area contributed by atoms with E-state index < -0.39 is 0 Å². The van der Waals surface area contributed by atoms with Gasteiger partial charge < -0.3 is 0 Å². The van der Waals surface area contributed by atoms with Gasteiger partial charge in [-0.15, -0.1) is 5.10 Å². The predicted molar refractivity (Wildman–Crippen MR) is 89.5 cm³/mol. The largest absolute Gasteiger partial charge is 0.242 e. The van der Waals surface area contributed by atoms with Crippen LogP contribution < -0.4 is 0 Å². The molecular weight excluding hydrogens is 258 g/mol. The number of para-hydroxylation sites is 1. The molecule has 0 saturated carbocycles. The van der Waals surface area contributed by atoms with Crippen molar-refractivity contribution in [2.75, 3.05) is 0 Å². The van der Waals surface area contributed by atoms with Crippen molar-refractivity contribution in [1.82, 2.24) is 15.0 Å². The zero-order chi connectivity index (χ0) is 14.9. The summed E-state index contributed by atoms with van der Waals surface area (Å²) in [5.41, 5.74) is 2.16. The predicted octanol–water partition coefficient (Wildman–Crippen LogP) is 5.52. The molecule has 0 aliphatic carbocycles. The molecule has 1 aromatic heterocycles. The molecule has 0 N–H and O–H groups in total. The van der Waals surface area contributed by atoms with Gasteiger partial charge in [0.15, 0.2) is 0 Å². The summed E-state index contributed by atoms with van der Waals surface area (Å²) in [5, 5.41) is 8.55. The molecule has 116 valence electrons. The Labute approximate surface area is 128 Å². The summed E-state index contributed by atoms with van der Waals surface area (Å²) in [6, 6.07) is 8.66. The Morgan fingerprint density at radius 2 is 1.62 bits per heavy atom. The smallest absolute Gasteiger partial charge is 0.113 e. The molecule has 21 heavy (non-hydrogen) atoms. The SMILES string of the molecule is CCCCCCCCCCC(C)n1nnc2ccccc21. The third kappa shape index (κ3) is 4.83. The first-order chi connectivity index (χ1) is 10.3. The van der Waals surface area contributed by atoms with Crippen LogP contribution in [-0.2, 0) is 0 Å². The second-order valence-corrected chi connectivity index (χ2v) is 6.14. The average molecular weight is 287 g/mol. The van der Waals surface area contributed by atoms with E-state index in [9.17, 15) is 0 Å². The van der Waals surface area contributed by atoms with Gasteiger partial charge in [-0.05, 0) is 25.5 Å². The minimum atomic E-state index is 0.442.